The number of nitro groups is 1. The lowest BCUT2D eigenvalue weighted by Crippen LogP contribution is -2.42. The maximum absolute atomic E-state index is 13.0. The molecule has 324 valence electrons. The summed E-state index contributed by atoms with van der Waals surface area (Å²) in [6.45, 7) is 1.85. The number of rotatable bonds is 18. The number of benzene rings is 4. The van der Waals surface area contributed by atoms with Crippen molar-refractivity contribution in [3.05, 3.63) is 189 Å². The minimum absolute atomic E-state index is 0.123. The number of nitrogens with one attached hydrogen (secondary N) is 2. The third-order valence-corrected chi connectivity index (χ3v) is 10.5. The lowest BCUT2D eigenvalue weighted by molar-refractivity contribution is -0.419. The molecule has 15 heteroatoms. The summed E-state index contributed by atoms with van der Waals surface area (Å²) in [6.07, 6.45) is 6.73. The number of hydrogen-bond acceptors (Lipinski definition) is 12. The minimum Gasteiger partial charge on any atom is -0.497 e. The van der Waals surface area contributed by atoms with Crippen molar-refractivity contribution in [1.82, 2.24) is 10.6 Å². The van der Waals surface area contributed by atoms with Crippen molar-refractivity contribution in [3.8, 4) is 5.75 Å². The van der Waals surface area contributed by atoms with Crippen LogP contribution in [0.15, 0.2) is 157 Å². The van der Waals surface area contributed by atoms with Crippen LogP contribution in [0.2, 0.25) is 0 Å². The molecule has 0 aromatic heterocycles. The quantitative estimate of drug-likeness (QED) is 0.0436. The van der Waals surface area contributed by atoms with Crippen molar-refractivity contribution < 1.29 is 47.8 Å². The van der Waals surface area contributed by atoms with Gasteiger partial charge in [-0.15, -0.1) is 0 Å². The van der Waals surface area contributed by atoms with E-state index in [0.717, 1.165) is 45.8 Å². The molecule has 63 heavy (non-hydrogen) atoms. The Hall–Kier alpha value is -7.65. The summed E-state index contributed by atoms with van der Waals surface area (Å²) in [4.78, 5) is 75.9. The van der Waals surface area contributed by atoms with Gasteiger partial charge >= 0.3 is 11.9 Å². The number of anilines is 1. The summed E-state index contributed by atoms with van der Waals surface area (Å²) in [5.74, 6) is -2.74. The van der Waals surface area contributed by atoms with Crippen LogP contribution in [0.25, 0.3) is 0 Å². The Morgan fingerprint density at radius 1 is 0.762 bits per heavy atom. The van der Waals surface area contributed by atoms with E-state index >= 15 is 0 Å². The van der Waals surface area contributed by atoms with Gasteiger partial charge in [-0.3, -0.25) is 29.3 Å². The highest BCUT2D eigenvalue weighted by Gasteiger charge is 2.41. The van der Waals surface area contributed by atoms with Gasteiger partial charge in [0.25, 0.3) is 5.70 Å². The Labute approximate surface area is 363 Å². The minimum atomic E-state index is -1.14. The molecule has 0 atom stereocenters. The average Bonchev–Trinajstić information content (AvgIpc) is 3.51. The zero-order valence-electron chi connectivity index (χ0n) is 34.9. The number of ketones is 1. The molecule has 2 aliphatic rings. The molecule has 0 radical (unpaired) electrons. The molecule has 4 aromatic rings. The lowest BCUT2D eigenvalue weighted by Gasteiger charge is -2.35. The highest BCUT2D eigenvalue weighted by Crippen LogP contribution is 2.49. The molecular weight excluding hydrogens is 809 g/mol. The number of carbonyl (C=O) groups excluding carboxylic acids is 5. The van der Waals surface area contributed by atoms with Gasteiger partial charge in [-0.2, -0.15) is 0 Å². The number of allylic oxidation sites excluding steroid dienone is 7. The van der Waals surface area contributed by atoms with Crippen LogP contribution in [0.4, 0.5) is 5.69 Å². The summed E-state index contributed by atoms with van der Waals surface area (Å²) >= 11 is 0. The molecular formula is C48H46N4O11. The second-order valence-corrected chi connectivity index (χ2v) is 14.9. The number of methoxy groups -OCH3 is 1. The number of fused-ring (bicyclic) bond motifs is 1. The number of esters is 2. The van der Waals surface area contributed by atoms with E-state index < -0.39 is 66.0 Å². The Balaban J connectivity index is 0.984. The van der Waals surface area contributed by atoms with Gasteiger partial charge in [0.1, 0.15) is 31.1 Å². The number of nitrogens with zero attached hydrogens (tertiary/aromatic N) is 2. The molecule has 2 N–H and O–H groups in total. The molecule has 0 bridgehead atoms. The van der Waals surface area contributed by atoms with Crippen molar-refractivity contribution in [3.63, 3.8) is 0 Å². The molecule has 2 amide bonds. The Kier molecular flexibility index (Phi) is 14.4. The summed E-state index contributed by atoms with van der Waals surface area (Å²) in [7, 11) is 1.55. The molecule has 0 saturated heterocycles. The molecule has 15 nitrogen and oxygen atoms in total. The normalized spacial score (nSPS) is 15.3. The highest BCUT2D eigenvalue weighted by atomic mass is 16.6. The molecule has 0 fully saturated rings. The van der Waals surface area contributed by atoms with Gasteiger partial charge in [-0.05, 0) is 58.7 Å². The topological polar surface area (TPSA) is 193 Å². The molecule has 1 aliphatic heterocycles. The predicted molar refractivity (Wildman–Crippen MR) is 232 cm³/mol. The van der Waals surface area contributed by atoms with Crippen LogP contribution in [0.3, 0.4) is 0 Å². The SMILES string of the molecule is COc1ccc2c(c1)C(C)(C)/C(=C/C=C1/C=C([N+](=O)[O-])C=CC1=O)N2CCOC(=O)COC(=O)CNC(=O)CNC(=O)COC(c1ccccc1)(c1ccccc1)c1ccccc1. The third kappa shape index (κ3) is 10.6. The number of ether oxygens (including phenoxy) is 4. The maximum Gasteiger partial charge on any atom is 0.344 e. The Morgan fingerprint density at radius 2 is 1.37 bits per heavy atom. The molecule has 0 saturated carbocycles. The van der Waals surface area contributed by atoms with E-state index in [4.69, 9.17) is 18.9 Å². The summed E-state index contributed by atoms with van der Waals surface area (Å²) < 4.78 is 22.3. The van der Waals surface area contributed by atoms with Crippen LogP contribution in [-0.2, 0) is 49.2 Å². The van der Waals surface area contributed by atoms with Gasteiger partial charge in [-0.25, -0.2) is 4.79 Å². The van der Waals surface area contributed by atoms with E-state index in [1.807, 2.05) is 122 Å². The summed E-state index contributed by atoms with van der Waals surface area (Å²) in [6, 6.07) is 34.1. The van der Waals surface area contributed by atoms with Crippen LogP contribution in [0.1, 0.15) is 36.1 Å². The first kappa shape index (κ1) is 44.9. The molecule has 1 heterocycles. The third-order valence-electron chi connectivity index (χ3n) is 10.5. The van der Waals surface area contributed by atoms with Crippen LogP contribution in [0.5, 0.6) is 5.75 Å². The van der Waals surface area contributed by atoms with E-state index in [-0.39, 0.29) is 30.2 Å². The molecule has 0 spiro atoms. The standard InChI is InChI=1S/C48H46N4O11/c1-47(2)39-28-38(60-3)21-22-40(39)51(42(47)24-19-33-27-37(52(58)59)20-23-41(33)53)25-26-61-46(57)32-62-45(56)30-50-43(54)29-49-44(55)31-63-48(34-13-7-4-8-14-34,35-15-9-5-10-16-35)36-17-11-6-12-18-36/h4-24,27-28H,25-26,29-32H2,1-3H3,(H,49,55)(H,50,54)/b33-19-,42-24-. The van der Waals surface area contributed by atoms with E-state index in [1.165, 1.54) is 12.2 Å². The number of hydrogen-bond donors (Lipinski definition) is 2. The van der Waals surface area contributed by atoms with Crippen molar-refractivity contribution >= 4 is 35.2 Å². The first-order valence-electron chi connectivity index (χ1n) is 20.0. The van der Waals surface area contributed by atoms with Crippen molar-refractivity contribution in [2.45, 2.75) is 24.9 Å². The Morgan fingerprint density at radius 3 is 1.95 bits per heavy atom. The monoisotopic (exact) mass is 854 g/mol. The van der Waals surface area contributed by atoms with E-state index in [9.17, 15) is 34.1 Å². The van der Waals surface area contributed by atoms with Gasteiger partial charge in [0.05, 0.1) is 25.1 Å². The van der Waals surface area contributed by atoms with Gasteiger partial charge in [0.15, 0.2) is 12.4 Å². The number of amides is 2. The zero-order chi connectivity index (χ0) is 45.0. The summed E-state index contributed by atoms with van der Waals surface area (Å²) in [5, 5.41) is 16.2. The Bertz CT molecular complexity index is 2380. The molecule has 6 rings (SSSR count). The highest BCUT2D eigenvalue weighted by molar-refractivity contribution is 6.07. The smallest absolute Gasteiger partial charge is 0.344 e. The van der Waals surface area contributed by atoms with Gasteiger partial charge in [0, 0.05) is 34.5 Å². The second-order valence-electron chi connectivity index (χ2n) is 14.9. The van der Waals surface area contributed by atoms with E-state index in [1.54, 1.807) is 19.3 Å². The van der Waals surface area contributed by atoms with Crippen LogP contribution >= 0.6 is 0 Å². The van der Waals surface area contributed by atoms with Crippen molar-refractivity contribution in [2.75, 3.05) is 51.5 Å². The average molecular weight is 855 g/mol. The summed E-state index contributed by atoms with van der Waals surface area (Å²) in [5.41, 5.74) is 2.97. The fraction of sp³-hybridized carbons (Fsp3) is 0.229. The first-order chi connectivity index (χ1) is 30.3. The lowest BCUT2D eigenvalue weighted by atomic mass is 9.80. The van der Waals surface area contributed by atoms with Crippen LogP contribution < -0.4 is 20.3 Å². The fourth-order valence-electron chi connectivity index (χ4n) is 7.36. The van der Waals surface area contributed by atoms with Crippen LogP contribution in [0, 0.1) is 10.1 Å². The molecule has 1 aliphatic carbocycles. The van der Waals surface area contributed by atoms with Gasteiger partial charge in [-0.1, -0.05) is 105 Å². The van der Waals surface area contributed by atoms with Crippen molar-refractivity contribution in [2.24, 2.45) is 0 Å². The first-order valence-corrected chi connectivity index (χ1v) is 20.0. The van der Waals surface area contributed by atoms with E-state index in [2.05, 4.69) is 10.6 Å². The van der Waals surface area contributed by atoms with Gasteiger partial charge < -0.3 is 34.5 Å². The van der Waals surface area contributed by atoms with Crippen molar-refractivity contribution in [1.29, 1.82) is 0 Å². The zero-order valence-corrected chi connectivity index (χ0v) is 34.9. The number of carbonyl (C=O) groups is 5. The predicted octanol–water partition coefficient (Wildman–Crippen LogP) is 5.23. The second kappa shape index (κ2) is 20.3. The van der Waals surface area contributed by atoms with Gasteiger partial charge in [0.2, 0.25) is 11.8 Å². The van der Waals surface area contributed by atoms with Crippen LogP contribution in [-0.4, -0.2) is 81.0 Å². The van der Waals surface area contributed by atoms with E-state index in [0.29, 0.717) is 5.75 Å². The fourth-order valence-corrected chi connectivity index (χ4v) is 7.36. The largest absolute Gasteiger partial charge is 0.497 e. The maximum atomic E-state index is 13.0. The molecule has 0 unspecified atom stereocenters. The molecule has 4 aromatic carbocycles.